The Labute approximate surface area is 143 Å². The molecule has 0 spiro atoms. The van der Waals surface area contributed by atoms with Gasteiger partial charge in [-0.15, -0.1) is 10.2 Å². The number of fused-ring (bicyclic) bond motifs is 3. The normalized spacial score (nSPS) is 17.9. The minimum atomic E-state index is -0.0504. The monoisotopic (exact) mass is 347 g/mol. The first kappa shape index (κ1) is 15.7. The summed E-state index contributed by atoms with van der Waals surface area (Å²) in [6.45, 7) is 1.73. The van der Waals surface area contributed by atoms with Gasteiger partial charge >= 0.3 is 0 Å². The maximum absolute atomic E-state index is 12.4. The van der Waals surface area contributed by atoms with E-state index < -0.39 is 0 Å². The van der Waals surface area contributed by atoms with Crippen LogP contribution in [-0.2, 0) is 17.6 Å². The zero-order chi connectivity index (χ0) is 16.5. The molecule has 0 aromatic carbocycles. The number of carbonyl (C=O) groups is 1. The number of amides is 1. The Balaban J connectivity index is 1.58. The summed E-state index contributed by atoms with van der Waals surface area (Å²) < 4.78 is 1.93. The van der Waals surface area contributed by atoms with Crippen LogP contribution >= 0.6 is 11.8 Å². The first-order valence-corrected chi connectivity index (χ1v) is 9.62. The summed E-state index contributed by atoms with van der Waals surface area (Å²) in [5, 5.41) is 8.99. The maximum atomic E-state index is 12.4. The Morgan fingerprint density at radius 3 is 2.71 bits per heavy atom. The molecule has 24 heavy (non-hydrogen) atoms. The summed E-state index contributed by atoms with van der Waals surface area (Å²) in [6.07, 6.45) is 7.18. The average molecular weight is 347 g/mol. The Morgan fingerprint density at radius 1 is 1.08 bits per heavy atom. The van der Waals surface area contributed by atoms with Crippen molar-refractivity contribution in [1.82, 2.24) is 24.5 Å². The summed E-state index contributed by atoms with van der Waals surface area (Å²) in [7, 11) is 0. The molecule has 0 unspecified atom stereocenters. The van der Waals surface area contributed by atoms with Crippen molar-refractivity contribution in [2.24, 2.45) is 0 Å². The number of H-pyrrole nitrogens is 1. The van der Waals surface area contributed by atoms with Gasteiger partial charge < -0.3 is 4.90 Å². The van der Waals surface area contributed by atoms with Crippen molar-refractivity contribution in [2.45, 2.75) is 50.1 Å². The lowest BCUT2D eigenvalue weighted by molar-refractivity contribution is -0.129. The van der Waals surface area contributed by atoms with Gasteiger partial charge in [-0.3, -0.25) is 19.0 Å². The van der Waals surface area contributed by atoms with Gasteiger partial charge in [0.15, 0.2) is 5.16 Å². The quantitative estimate of drug-likeness (QED) is 0.849. The molecule has 2 aliphatic rings. The SMILES string of the molecule is O=C(CSc1nnc2[nH]c(=O)c3c(n12)CCCC3)N1CCCCC1. The average Bonchev–Trinajstić information content (AvgIpc) is 3.03. The molecule has 2 aromatic rings. The number of carbonyl (C=O) groups excluding carboxylic acids is 1. The van der Waals surface area contributed by atoms with Crippen LogP contribution < -0.4 is 5.56 Å². The minimum Gasteiger partial charge on any atom is -0.342 e. The molecule has 1 aliphatic heterocycles. The van der Waals surface area contributed by atoms with Crippen LogP contribution in [-0.4, -0.2) is 49.2 Å². The molecular weight excluding hydrogens is 326 g/mol. The number of hydrogen-bond donors (Lipinski definition) is 1. The van der Waals surface area contributed by atoms with Gasteiger partial charge in [0, 0.05) is 24.3 Å². The van der Waals surface area contributed by atoms with E-state index in [0.717, 1.165) is 62.9 Å². The van der Waals surface area contributed by atoms with Gasteiger partial charge in [-0.25, -0.2) is 0 Å². The van der Waals surface area contributed by atoms with Crippen molar-refractivity contribution in [3.8, 4) is 0 Å². The van der Waals surface area contributed by atoms with E-state index in [0.29, 0.717) is 16.7 Å². The second kappa shape index (κ2) is 6.58. The summed E-state index contributed by atoms with van der Waals surface area (Å²) in [5.41, 5.74) is 1.81. The van der Waals surface area contributed by atoms with Gasteiger partial charge in [-0.1, -0.05) is 11.8 Å². The summed E-state index contributed by atoms with van der Waals surface area (Å²) in [6, 6.07) is 0. The topological polar surface area (TPSA) is 83.4 Å². The standard InChI is InChI=1S/C16H21N5O2S/c22-13(20-8-4-1-5-9-20)10-24-16-19-18-15-17-14(23)11-6-2-3-7-12(11)21(15)16/h1-10H2,(H,17,18,23). The van der Waals surface area contributed by atoms with Crippen LogP contribution in [0, 0.1) is 0 Å². The Kier molecular flexibility index (Phi) is 4.30. The molecule has 1 amide bonds. The number of aromatic amines is 1. The van der Waals surface area contributed by atoms with E-state index >= 15 is 0 Å². The van der Waals surface area contributed by atoms with E-state index in [4.69, 9.17) is 0 Å². The van der Waals surface area contributed by atoms with Crippen LogP contribution in [0.1, 0.15) is 43.4 Å². The third kappa shape index (κ3) is 2.83. The lowest BCUT2D eigenvalue weighted by atomic mass is 9.97. The fraction of sp³-hybridized carbons (Fsp3) is 0.625. The predicted octanol–water partition coefficient (Wildman–Crippen LogP) is 1.40. The molecule has 128 valence electrons. The molecule has 0 radical (unpaired) electrons. The van der Waals surface area contributed by atoms with Crippen molar-refractivity contribution >= 4 is 23.4 Å². The lowest BCUT2D eigenvalue weighted by Gasteiger charge is -2.26. The first-order valence-electron chi connectivity index (χ1n) is 8.64. The number of aryl methyl sites for hydroxylation is 1. The van der Waals surface area contributed by atoms with Crippen LogP contribution in [0.4, 0.5) is 0 Å². The summed E-state index contributed by atoms with van der Waals surface area (Å²) >= 11 is 1.41. The van der Waals surface area contributed by atoms with E-state index in [2.05, 4.69) is 15.2 Å². The number of hydrogen-bond acceptors (Lipinski definition) is 5. The van der Waals surface area contributed by atoms with Crippen molar-refractivity contribution in [3.05, 3.63) is 21.6 Å². The highest BCUT2D eigenvalue weighted by Crippen LogP contribution is 2.24. The van der Waals surface area contributed by atoms with Gasteiger partial charge in [-0.05, 0) is 44.9 Å². The van der Waals surface area contributed by atoms with Crippen molar-refractivity contribution < 1.29 is 4.79 Å². The molecule has 3 heterocycles. The van der Waals surface area contributed by atoms with Crippen LogP contribution in [0.3, 0.4) is 0 Å². The second-order valence-electron chi connectivity index (χ2n) is 6.46. The number of piperidine rings is 1. The van der Waals surface area contributed by atoms with Crippen LogP contribution in [0.15, 0.2) is 9.95 Å². The van der Waals surface area contributed by atoms with Crippen LogP contribution in [0.2, 0.25) is 0 Å². The molecule has 1 N–H and O–H groups in total. The highest BCUT2D eigenvalue weighted by molar-refractivity contribution is 7.99. The fourth-order valence-corrected chi connectivity index (χ4v) is 4.47. The number of likely N-dealkylation sites (tertiary alicyclic amines) is 1. The van der Waals surface area contributed by atoms with Gasteiger partial charge in [-0.2, -0.15) is 0 Å². The smallest absolute Gasteiger partial charge is 0.255 e. The molecule has 7 nitrogen and oxygen atoms in total. The lowest BCUT2D eigenvalue weighted by Crippen LogP contribution is -2.36. The van der Waals surface area contributed by atoms with Crippen molar-refractivity contribution in [2.75, 3.05) is 18.8 Å². The van der Waals surface area contributed by atoms with Crippen LogP contribution in [0.25, 0.3) is 5.78 Å². The highest BCUT2D eigenvalue weighted by Gasteiger charge is 2.22. The largest absolute Gasteiger partial charge is 0.342 e. The van der Waals surface area contributed by atoms with E-state index in [1.54, 1.807) is 0 Å². The van der Waals surface area contributed by atoms with E-state index in [1.807, 2.05) is 9.30 Å². The number of nitrogens with one attached hydrogen (secondary N) is 1. The molecule has 1 aliphatic carbocycles. The van der Waals surface area contributed by atoms with Gasteiger partial charge in [0.05, 0.1) is 5.75 Å². The highest BCUT2D eigenvalue weighted by atomic mass is 32.2. The molecule has 4 rings (SSSR count). The molecule has 0 saturated carbocycles. The van der Waals surface area contributed by atoms with Crippen LogP contribution in [0.5, 0.6) is 0 Å². The van der Waals surface area contributed by atoms with Gasteiger partial charge in [0.1, 0.15) is 0 Å². The Hall–Kier alpha value is -1.83. The van der Waals surface area contributed by atoms with Crippen molar-refractivity contribution in [3.63, 3.8) is 0 Å². The predicted molar refractivity (Wildman–Crippen MR) is 91.4 cm³/mol. The van der Waals surface area contributed by atoms with E-state index in [9.17, 15) is 9.59 Å². The first-order chi connectivity index (χ1) is 11.7. The molecule has 1 fully saturated rings. The number of thioether (sulfide) groups is 1. The van der Waals surface area contributed by atoms with Gasteiger partial charge in [0.25, 0.3) is 5.56 Å². The third-order valence-electron chi connectivity index (χ3n) is 4.87. The number of aromatic nitrogens is 4. The second-order valence-corrected chi connectivity index (χ2v) is 7.40. The minimum absolute atomic E-state index is 0.0504. The zero-order valence-corrected chi connectivity index (χ0v) is 14.4. The summed E-state index contributed by atoms with van der Waals surface area (Å²) in [5.74, 6) is 1.01. The van der Waals surface area contributed by atoms with E-state index in [-0.39, 0.29) is 11.5 Å². The van der Waals surface area contributed by atoms with Gasteiger partial charge in [0.2, 0.25) is 11.7 Å². The third-order valence-corrected chi connectivity index (χ3v) is 5.79. The molecular formula is C16H21N5O2S. The number of nitrogens with zero attached hydrogens (tertiary/aromatic N) is 4. The molecule has 2 aromatic heterocycles. The number of rotatable bonds is 3. The molecule has 0 bridgehead atoms. The molecule has 8 heteroatoms. The van der Waals surface area contributed by atoms with Crippen molar-refractivity contribution in [1.29, 1.82) is 0 Å². The van der Waals surface area contributed by atoms with E-state index in [1.165, 1.54) is 18.2 Å². The summed E-state index contributed by atoms with van der Waals surface area (Å²) in [4.78, 5) is 29.3. The maximum Gasteiger partial charge on any atom is 0.255 e. The zero-order valence-electron chi connectivity index (χ0n) is 13.6. The molecule has 0 atom stereocenters. The molecule has 1 saturated heterocycles. The fourth-order valence-electron chi connectivity index (χ4n) is 3.61. The Morgan fingerprint density at radius 2 is 1.88 bits per heavy atom. The Bertz CT molecular complexity index is 822.